The molecule has 1 aliphatic rings. The van der Waals surface area contributed by atoms with Crippen molar-refractivity contribution in [1.82, 2.24) is 4.90 Å². The van der Waals surface area contributed by atoms with Gasteiger partial charge in [-0.05, 0) is 49.6 Å². The van der Waals surface area contributed by atoms with Crippen LogP contribution < -0.4 is 10.2 Å². The molecular weight excluding hydrogens is 334 g/mol. The van der Waals surface area contributed by atoms with Crippen LogP contribution in [-0.2, 0) is 0 Å². The number of hydrogen-bond donors (Lipinski definition) is 1. The highest BCUT2D eigenvalue weighted by Gasteiger charge is 2.23. The van der Waals surface area contributed by atoms with Gasteiger partial charge in [0.1, 0.15) is 0 Å². The Labute approximate surface area is 154 Å². The molecule has 0 aromatic heterocycles. The van der Waals surface area contributed by atoms with Crippen molar-refractivity contribution in [2.24, 2.45) is 0 Å². The van der Waals surface area contributed by atoms with Gasteiger partial charge in [0.15, 0.2) is 0 Å². The van der Waals surface area contributed by atoms with Crippen LogP contribution in [0, 0.1) is 20.8 Å². The van der Waals surface area contributed by atoms with E-state index >= 15 is 0 Å². The second-order valence-corrected chi connectivity index (χ2v) is 6.96. The number of halogens is 1. The molecule has 0 aliphatic carbocycles. The van der Waals surface area contributed by atoms with E-state index < -0.39 is 0 Å². The van der Waals surface area contributed by atoms with Crippen molar-refractivity contribution >= 4 is 29.0 Å². The Kier molecular flexibility index (Phi) is 5.19. The first kappa shape index (κ1) is 17.6. The third-order valence-corrected chi connectivity index (χ3v) is 5.27. The number of carbonyl (C=O) groups excluding carboxylic acids is 1. The summed E-state index contributed by atoms with van der Waals surface area (Å²) in [6.07, 6.45) is 0. The molecule has 1 saturated heterocycles. The Morgan fingerprint density at radius 3 is 2.20 bits per heavy atom. The zero-order valence-corrected chi connectivity index (χ0v) is 15.7. The number of aryl methyl sites for hydroxylation is 2. The van der Waals surface area contributed by atoms with Gasteiger partial charge >= 0.3 is 6.03 Å². The van der Waals surface area contributed by atoms with Gasteiger partial charge < -0.3 is 15.1 Å². The van der Waals surface area contributed by atoms with E-state index in [4.69, 9.17) is 11.6 Å². The van der Waals surface area contributed by atoms with Gasteiger partial charge in [0, 0.05) is 42.6 Å². The highest BCUT2D eigenvalue weighted by atomic mass is 35.5. The second-order valence-electron chi connectivity index (χ2n) is 6.56. The minimum absolute atomic E-state index is 0.0279. The Balaban J connectivity index is 1.64. The normalized spacial score (nSPS) is 14.6. The lowest BCUT2D eigenvalue weighted by molar-refractivity contribution is 0.208. The summed E-state index contributed by atoms with van der Waals surface area (Å²) in [4.78, 5) is 16.8. The Bertz CT molecular complexity index is 762. The molecule has 2 aromatic carbocycles. The van der Waals surface area contributed by atoms with Crippen LogP contribution >= 0.6 is 11.6 Å². The van der Waals surface area contributed by atoms with Gasteiger partial charge in [0.25, 0.3) is 0 Å². The van der Waals surface area contributed by atoms with E-state index in [1.54, 1.807) is 0 Å². The van der Waals surface area contributed by atoms with E-state index in [0.29, 0.717) is 13.1 Å². The lowest BCUT2D eigenvalue weighted by Gasteiger charge is -2.37. The molecule has 0 saturated carbocycles. The smallest absolute Gasteiger partial charge is 0.321 e. The van der Waals surface area contributed by atoms with Gasteiger partial charge in [0.05, 0.1) is 0 Å². The molecule has 0 spiro atoms. The van der Waals surface area contributed by atoms with Crippen molar-refractivity contribution in [1.29, 1.82) is 0 Å². The SMILES string of the molecule is Cc1cccc(C)c1NC(=O)N1CCN(c2cccc(Cl)c2C)CC1. The van der Waals surface area contributed by atoms with Crippen molar-refractivity contribution in [2.45, 2.75) is 20.8 Å². The number of benzene rings is 2. The third kappa shape index (κ3) is 3.74. The van der Waals surface area contributed by atoms with Gasteiger partial charge in [-0.15, -0.1) is 0 Å². The molecule has 1 fully saturated rings. The number of carbonyl (C=O) groups is 1. The van der Waals surface area contributed by atoms with Crippen molar-refractivity contribution in [3.8, 4) is 0 Å². The fraction of sp³-hybridized carbons (Fsp3) is 0.350. The summed E-state index contributed by atoms with van der Waals surface area (Å²) in [5, 5.41) is 3.86. The minimum Gasteiger partial charge on any atom is -0.368 e. The summed E-state index contributed by atoms with van der Waals surface area (Å²) < 4.78 is 0. The van der Waals surface area contributed by atoms with Crippen LogP contribution in [-0.4, -0.2) is 37.1 Å². The molecule has 0 unspecified atom stereocenters. The number of rotatable bonds is 2. The molecule has 5 heteroatoms. The average molecular weight is 358 g/mol. The zero-order chi connectivity index (χ0) is 18.0. The summed E-state index contributed by atoms with van der Waals surface area (Å²) in [6, 6.07) is 12.0. The Morgan fingerprint density at radius 2 is 1.56 bits per heavy atom. The summed E-state index contributed by atoms with van der Waals surface area (Å²) in [5.41, 5.74) is 5.34. The van der Waals surface area contributed by atoms with E-state index in [1.165, 1.54) is 0 Å². The summed E-state index contributed by atoms with van der Waals surface area (Å²) in [5.74, 6) is 0. The largest absolute Gasteiger partial charge is 0.368 e. The molecule has 3 rings (SSSR count). The number of nitrogens with zero attached hydrogens (tertiary/aromatic N) is 2. The second kappa shape index (κ2) is 7.36. The molecule has 132 valence electrons. The van der Waals surface area contributed by atoms with Crippen LogP contribution in [0.25, 0.3) is 0 Å². The molecule has 1 heterocycles. The van der Waals surface area contributed by atoms with Crippen LogP contribution in [0.2, 0.25) is 5.02 Å². The molecule has 0 bridgehead atoms. The van der Waals surface area contributed by atoms with E-state index in [2.05, 4.69) is 16.3 Å². The van der Waals surface area contributed by atoms with Gasteiger partial charge in [-0.1, -0.05) is 35.9 Å². The standard InChI is InChI=1S/C20H24ClN3O/c1-14-6-4-7-15(2)19(14)22-20(25)24-12-10-23(11-13-24)18-9-5-8-17(21)16(18)3/h4-9H,10-13H2,1-3H3,(H,22,25). The molecule has 1 N–H and O–H groups in total. The molecule has 0 atom stereocenters. The van der Waals surface area contributed by atoms with Crippen LogP contribution in [0.3, 0.4) is 0 Å². The molecule has 4 nitrogen and oxygen atoms in total. The van der Waals surface area contributed by atoms with Crippen molar-refractivity contribution in [3.05, 3.63) is 58.1 Å². The maximum Gasteiger partial charge on any atom is 0.321 e. The number of nitrogens with one attached hydrogen (secondary N) is 1. The summed E-state index contributed by atoms with van der Waals surface area (Å²) in [6.45, 7) is 9.08. The molecule has 2 aromatic rings. The highest BCUT2D eigenvalue weighted by Crippen LogP contribution is 2.27. The lowest BCUT2D eigenvalue weighted by atomic mass is 10.1. The molecule has 1 aliphatic heterocycles. The Morgan fingerprint density at radius 1 is 0.960 bits per heavy atom. The molecule has 25 heavy (non-hydrogen) atoms. The first-order valence-corrected chi connectivity index (χ1v) is 8.97. The van der Waals surface area contributed by atoms with Crippen LogP contribution in [0.1, 0.15) is 16.7 Å². The predicted molar refractivity (Wildman–Crippen MR) is 105 cm³/mol. The zero-order valence-electron chi connectivity index (χ0n) is 15.0. The third-order valence-electron chi connectivity index (χ3n) is 4.86. The quantitative estimate of drug-likeness (QED) is 0.851. The number of para-hydroxylation sites is 1. The number of amides is 2. The van der Waals surface area contributed by atoms with Gasteiger partial charge in [-0.3, -0.25) is 0 Å². The van der Waals surface area contributed by atoms with Gasteiger partial charge in [-0.2, -0.15) is 0 Å². The number of anilines is 2. The van der Waals surface area contributed by atoms with E-state index in [-0.39, 0.29) is 6.03 Å². The lowest BCUT2D eigenvalue weighted by Crippen LogP contribution is -2.50. The average Bonchev–Trinajstić information content (AvgIpc) is 2.61. The van der Waals surface area contributed by atoms with Gasteiger partial charge in [-0.25, -0.2) is 4.79 Å². The van der Waals surface area contributed by atoms with Crippen molar-refractivity contribution in [2.75, 3.05) is 36.4 Å². The van der Waals surface area contributed by atoms with Crippen molar-refractivity contribution < 1.29 is 4.79 Å². The van der Waals surface area contributed by atoms with Crippen molar-refractivity contribution in [3.63, 3.8) is 0 Å². The fourth-order valence-corrected chi connectivity index (χ4v) is 3.46. The molecule has 2 amide bonds. The summed E-state index contributed by atoms with van der Waals surface area (Å²) >= 11 is 6.23. The highest BCUT2D eigenvalue weighted by molar-refractivity contribution is 6.31. The van der Waals surface area contributed by atoms with Crippen LogP contribution in [0.5, 0.6) is 0 Å². The van der Waals surface area contributed by atoms with Crippen LogP contribution in [0.4, 0.5) is 16.2 Å². The first-order valence-electron chi connectivity index (χ1n) is 8.59. The maximum absolute atomic E-state index is 12.6. The fourth-order valence-electron chi connectivity index (χ4n) is 3.29. The predicted octanol–water partition coefficient (Wildman–Crippen LogP) is 4.62. The minimum atomic E-state index is -0.0279. The van der Waals surface area contributed by atoms with Gasteiger partial charge in [0.2, 0.25) is 0 Å². The monoisotopic (exact) mass is 357 g/mol. The van der Waals surface area contributed by atoms with E-state index in [0.717, 1.165) is 46.2 Å². The first-order chi connectivity index (χ1) is 12.0. The maximum atomic E-state index is 12.6. The number of urea groups is 1. The number of piperazine rings is 1. The summed E-state index contributed by atoms with van der Waals surface area (Å²) in [7, 11) is 0. The molecule has 0 radical (unpaired) electrons. The number of hydrogen-bond acceptors (Lipinski definition) is 2. The van der Waals surface area contributed by atoms with Crippen LogP contribution in [0.15, 0.2) is 36.4 Å². The topological polar surface area (TPSA) is 35.6 Å². The van der Waals surface area contributed by atoms with E-state index in [1.807, 2.05) is 56.0 Å². The Hall–Kier alpha value is -2.20. The van der Waals surface area contributed by atoms with E-state index in [9.17, 15) is 4.79 Å². The molecular formula is C20H24ClN3O.